The largest absolute Gasteiger partial charge is 0.594 e. The van der Waals surface area contributed by atoms with Crippen molar-refractivity contribution in [2.24, 2.45) is 5.11 Å². The first kappa shape index (κ1) is 30.7. The summed E-state index contributed by atoms with van der Waals surface area (Å²) in [5, 5.41) is 16.6. The molecular weight excluding hydrogens is 460 g/mol. The molecule has 0 heterocycles. The van der Waals surface area contributed by atoms with E-state index in [9.17, 15) is 5.21 Å². The van der Waals surface area contributed by atoms with Crippen LogP contribution in [0.5, 0.6) is 11.5 Å². The topological polar surface area (TPSA) is 56.9 Å². The van der Waals surface area contributed by atoms with Gasteiger partial charge in [0.1, 0.15) is 17.2 Å². The maximum atomic E-state index is 12.5. The number of azo groups is 1. The highest BCUT2D eigenvalue weighted by molar-refractivity contribution is 5.41. The van der Waals surface area contributed by atoms with Gasteiger partial charge < -0.3 is 14.7 Å². The zero-order valence-electron chi connectivity index (χ0n) is 23.5. The highest BCUT2D eigenvalue weighted by Gasteiger charge is 2.06. The van der Waals surface area contributed by atoms with E-state index in [-0.39, 0.29) is 0 Å². The van der Waals surface area contributed by atoms with Crippen molar-refractivity contribution in [1.29, 1.82) is 0 Å². The second-order valence-electron chi connectivity index (χ2n) is 10.0. The molecule has 0 saturated carbocycles. The minimum atomic E-state index is 0.481. The molecule has 0 aromatic heterocycles. The predicted octanol–water partition coefficient (Wildman–Crippen LogP) is 10.7. The number of nitrogens with zero attached hydrogens (tertiary/aromatic N) is 2. The van der Waals surface area contributed by atoms with Crippen molar-refractivity contribution in [3.63, 3.8) is 0 Å². The fraction of sp³-hybridized carbons (Fsp3) is 0.625. The molecule has 37 heavy (non-hydrogen) atoms. The summed E-state index contributed by atoms with van der Waals surface area (Å²) in [6, 6.07) is 14.6. The molecule has 0 N–H and O–H groups in total. The van der Waals surface area contributed by atoms with E-state index in [1.54, 1.807) is 12.1 Å². The first-order valence-corrected chi connectivity index (χ1v) is 14.9. The molecule has 0 atom stereocenters. The van der Waals surface area contributed by atoms with Crippen molar-refractivity contribution in [3.05, 3.63) is 53.7 Å². The molecule has 0 bridgehead atoms. The molecule has 5 heteroatoms. The van der Waals surface area contributed by atoms with Gasteiger partial charge in [0.25, 0.3) is 0 Å². The number of hydrogen-bond donors (Lipinski definition) is 0. The minimum Gasteiger partial charge on any atom is -0.594 e. The number of rotatable bonds is 22. The average Bonchev–Trinajstić information content (AvgIpc) is 2.92. The Morgan fingerprint density at radius 2 is 0.919 bits per heavy atom. The van der Waals surface area contributed by atoms with Crippen LogP contribution >= 0.6 is 0 Å². The zero-order valence-corrected chi connectivity index (χ0v) is 23.5. The Morgan fingerprint density at radius 3 is 1.35 bits per heavy atom. The second kappa shape index (κ2) is 20.5. The summed E-state index contributed by atoms with van der Waals surface area (Å²) < 4.78 is 11.7. The Hall–Kier alpha value is -2.56. The van der Waals surface area contributed by atoms with E-state index >= 15 is 0 Å². The van der Waals surface area contributed by atoms with Gasteiger partial charge in [0.05, 0.1) is 13.2 Å². The maximum absolute atomic E-state index is 12.5. The molecule has 2 aromatic carbocycles. The van der Waals surface area contributed by atoms with Crippen LogP contribution in [0.1, 0.15) is 117 Å². The van der Waals surface area contributed by atoms with E-state index in [4.69, 9.17) is 9.47 Å². The lowest BCUT2D eigenvalue weighted by molar-refractivity contribution is -0.435. The Bertz CT molecular complexity index is 834. The van der Waals surface area contributed by atoms with Gasteiger partial charge >= 0.3 is 0 Å². The highest BCUT2D eigenvalue weighted by atomic mass is 16.5. The van der Waals surface area contributed by atoms with Crippen molar-refractivity contribution >= 4 is 11.4 Å². The van der Waals surface area contributed by atoms with Gasteiger partial charge in [-0.25, -0.2) is 0 Å². The average molecular weight is 511 g/mol. The standard InChI is InChI=1S/C32H50N2O3/c1-3-5-7-9-11-13-15-17-27-36-31-23-19-29(20-24-31)33-34(35)30-21-25-32(26-22-30)37-28-18-16-14-12-10-8-6-4-2/h19-26H,3-18,27-28H2,1-2H3. The molecule has 2 rings (SSSR count). The van der Waals surface area contributed by atoms with Crippen molar-refractivity contribution in [3.8, 4) is 11.5 Å². The Labute approximate surface area is 225 Å². The van der Waals surface area contributed by atoms with Gasteiger partial charge in [0, 0.05) is 17.2 Å². The third-order valence-corrected chi connectivity index (χ3v) is 6.63. The lowest BCUT2D eigenvalue weighted by atomic mass is 10.1. The third-order valence-electron chi connectivity index (χ3n) is 6.63. The van der Waals surface area contributed by atoms with E-state index in [0.717, 1.165) is 30.9 Å². The predicted molar refractivity (Wildman–Crippen MR) is 154 cm³/mol. The molecule has 206 valence electrons. The normalized spacial score (nSPS) is 11.6. The third kappa shape index (κ3) is 14.7. The van der Waals surface area contributed by atoms with Crippen LogP contribution < -0.4 is 9.47 Å². The molecule has 0 saturated heterocycles. The number of hydrogen-bond acceptors (Lipinski definition) is 4. The van der Waals surface area contributed by atoms with Crippen LogP contribution in [0, 0.1) is 5.21 Å². The van der Waals surface area contributed by atoms with Gasteiger partial charge in [-0.1, -0.05) is 109 Å². The molecule has 0 amide bonds. The maximum Gasteiger partial charge on any atom is 0.245 e. The fourth-order valence-electron chi connectivity index (χ4n) is 4.29. The lowest BCUT2D eigenvalue weighted by Gasteiger charge is -2.07. The number of benzene rings is 2. The van der Waals surface area contributed by atoms with Gasteiger partial charge in [-0.15, -0.1) is 0 Å². The van der Waals surface area contributed by atoms with Crippen molar-refractivity contribution < 1.29 is 14.3 Å². The molecular formula is C32H50N2O3. The van der Waals surface area contributed by atoms with Crippen molar-refractivity contribution in [1.82, 2.24) is 0 Å². The van der Waals surface area contributed by atoms with E-state index in [0.29, 0.717) is 22.8 Å². The summed E-state index contributed by atoms with van der Waals surface area (Å²) in [7, 11) is 0. The monoisotopic (exact) mass is 510 g/mol. The summed E-state index contributed by atoms with van der Waals surface area (Å²) >= 11 is 0. The highest BCUT2D eigenvalue weighted by Crippen LogP contribution is 2.23. The molecule has 0 radical (unpaired) electrons. The first-order valence-electron chi connectivity index (χ1n) is 14.9. The lowest BCUT2D eigenvalue weighted by Crippen LogP contribution is -1.98. The van der Waals surface area contributed by atoms with Crippen LogP contribution in [-0.2, 0) is 0 Å². The van der Waals surface area contributed by atoms with Gasteiger partial charge in [-0.05, 0) is 49.2 Å². The van der Waals surface area contributed by atoms with E-state index in [1.807, 2.05) is 36.4 Å². The summed E-state index contributed by atoms with van der Waals surface area (Å²) in [5.41, 5.74) is 1.08. The van der Waals surface area contributed by atoms with Crippen LogP contribution in [-0.4, -0.2) is 18.1 Å². The molecule has 2 aromatic rings. The quantitative estimate of drug-likeness (QED) is 0.0685. The molecule has 0 aliphatic heterocycles. The van der Waals surface area contributed by atoms with Crippen molar-refractivity contribution in [2.75, 3.05) is 13.2 Å². The van der Waals surface area contributed by atoms with Crippen LogP contribution in [0.4, 0.5) is 11.4 Å². The molecule has 0 aliphatic carbocycles. The van der Waals surface area contributed by atoms with Crippen LogP contribution in [0.3, 0.4) is 0 Å². The van der Waals surface area contributed by atoms with Crippen LogP contribution in [0.25, 0.3) is 0 Å². The molecule has 5 nitrogen and oxygen atoms in total. The fourth-order valence-corrected chi connectivity index (χ4v) is 4.29. The van der Waals surface area contributed by atoms with Gasteiger partial charge in [0.15, 0.2) is 0 Å². The van der Waals surface area contributed by atoms with Crippen LogP contribution in [0.15, 0.2) is 53.6 Å². The number of ether oxygens (including phenoxy) is 2. The van der Waals surface area contributed by atoms with Gasteiger partial charge in [0.2, 0.25) is 5.69 Å². The summed E-state index contributed by atoms with van der Waals surface area (Å²) in [5.74, 6) is 1.61. The Balaban J connectivity index is 1.62. The van der Waals surface area contributed by atoms with Gasteiger partial charge in [-0.2, -0.15) is 0 Å². The molecule has 0 aliphatic rings. The summed E-state index contributed by atoms with van der Waals surface area (Å²) in [6.07, 6.45) is 20.5. The van der Waals surface area contributed by atoms with Crippen molar-refractivity contribution in [2.45, 2.75) is 117 Å². The molecule has 0 unspecified atom stereocenters. The summed E-state index contributed by atoms with van der Waals surface area (Å²) in [6.45, 7) is 5.95. The minimum absolute atomic E-state index is 0.481. The SMILES string of the molecule is CCCCCCCCCCOc1ccc(N=[N+]([O-])c2ccc(OCCCCCCCCCC)cc2)cc1. The molecule has 0 fully saturated rings. The Morgan fingerprint density at radius 1 is 0.541 bits per heavy atom. The first-order chi connectivity index (χ1) is 18.2. The van der Waals surface area contributed by atoms with Gasteiger partial charge in [-0.3, -0.25) is 0 Å². The molecule has 0 spiro atoms. The van der Waals surface area contributed by atoms with E-state index in [2.05, 4.69) is 19.0 Å². The van der Waals surface area contributed by atoms with Crippen LogP contribution in [0.2, 0.25) is 0 Å². The number of unbranched alkanes of at least 4 members (excludes halogenated alkanes) is 14. The van der Waals surface area contributed by atoms with E-state index in [1.165, 1.54) is 89.9 Å². The Kier molecular flexibility index (Phi) is 17.0. The smallest absolute Gasteiger partial charge is 0.245 e. The summed E-state index contributed by atoms with van der Waals surface area (Å²) in [4.78, 5) is 0.651. The second-order valence-corrected chi connectivity index (χ2v) is 10.0. The van der Waals surface area contributed by atoms with E-state index < -0.39 is 0 Å². The zero-order chi connectivity index (χ0) is 26.4.